The van der Waals surface area contributed by atoms with Crippen LogP contribution >= 0.6 is 0 Å². The molecule has 1 aliphatic heterocycles. The molecule has 0 radical (unpaired) electrons. The number of nitrogens with zero attached hydrogens (tertiary/aromatic N) is 5. The summed E-state index contributed by atoms with van der Waals surface area (Å²) in [6, 6.07) is 0.281. The third-order valence-corrected chi connectivity index (χ3v) is 4.41. The summed E-state index contributed by atoms with van der Waals surface area (Å²) in [6.07, 6.45) is 1.40. The lowest BCUT2D eigenvalue weighted by atomic mass is 9.92. The van der Waals surface area contributed by atoms with E-state index in [2.05, 4.69) is 30.6 Å². The van der Waals surface area contributed by atoms with E-state index in [-0.39, 0.29) is 17.4 Å². The summed E-state index contributed by atoms with van der Waals surface area (Å²) in [5, 5.41) is 22.5. The van der Waals surface area contributed by atoms with Gasteiger partial charge >= 0.3 is 0 Å². The molecule has 0 aliphatic carbocycles. The van der Waals surface area contributed by atoms with Crippen LogP contribution in [0.25, 0.3) is 11.2 Å². The molecule has 1 aliphatic rings. The molecule has 3 aromatic rings. The van der Waals surface area contributed by atoms with Crippen LogP contribution in [-0.4, -0.2) is 54.7 Å². The quantitative estimate of drug-likeness (QED) is 0.635. The Balaban J connectivity index is 1.68. The number of H-pyrrole nitrogens is 1. The van der Waals surface area contributed by atoms with Crippen LogP contribution in [0.3, 0.4) is 0 Å². The van der Waals surface area contributed by atoms with E-state index < -0.39 is 12.5 Å². The monoisotopic (exact) mass is 365 g/mol. The smallest absolute Gasteiger partial charge is 0.261 e. The van der Waals surface area contributed by atoms with Gasteiger partial charge in [0.15, 0.2) is 17.3 Å². The van der Waals surface area contributed by atoms with E-state index in [9.17, 15) is 13.9 Å². The first-order valence-corrected chi connectivity index (χ1v) is 8.19. The minimum absolute atomic E-state index is 0.108. The fourth-order valence-corrected chi connectivity index (χ4v) is 3.17. The number of ether oxygens (including phenoxy) is 1. The molecule has 0 saturated carbocycles. The number of hydrogen-bond acceptors (Lipinski definition) is 7. The first kappa shape index (κ1) is 16.6. The first-order valence-electron chi connectivity index (χ1n) is 8.19. The van der Waals surface area contributed by atoms with Crippen molar-refractivity contribution in [2.45, 2.75) is 25.3 Å². The van der Waals surface area contributed by atoms with Crippen LogP contribution < -0.4 is 5.32 Å². The molecule has 138 valence electrons. The fourth-order valence-electron chi connectivity index (χ4n) is 3.17. The Kier molecular flexibility index (Phi) is 4.37. The van der Waals surface area contributed by atoms with Gasteiger partial charge in [-0.3, -0.25) is 0 Å². The number of hydrogen-bond donors (Lipinski definition) is 3. The lowest BCUT2D eigenvalue weighted by molar-refractivity contribution is -0.00705. The molecule has 1 fully saturated rings. The molecule has 0 spiro atoms. The minimum Gasteiger partial charge on any atom is -0.494 e. The number of alkyl halides is 2. The van der Waals surface area contributed by atoms with E-state index in [4.69, 9.17) is 4.74 Å². The van der Waals surface area contributed by atoms with E-state index in [1.54, 1.807) is 0 Å². The Morgan fingerprint density at radius 3 is 2.77 bits per heavy atom. The van der Waals surface area contributed by atoms with Gasteiger partial charge in [0.25, 0.3) is 6.43 Å². The van der Waals surface area contributed by atoms with Crippen LogP contribution in [0.1, 0.15) is 18.9 Å². The zero-order valence-electron chi connectivity index (χ0n) is 13.6. The Bertz CT molecular complexity index is 891. The summed E-state index contributed by atoms with van der Waals surface area (Å²) in [6.45, 7) is 0.933. The average Bonchev–Trinajstić information content (AvgIpc) is 3.22. The molecule has 26 heavy (non-hydrogen) atoms. The summed E-state index contributed by atoms with van der Waals surface area (Å²) in [7, 11) is 0. The van der Waals surface area contributed by atoms with Crippen molar-refractivity contribution in [1.29, 1.82) is 0 Å². The third-order valence-electron chi connectivity index (χ3n) is 4.41. The van der Waals surface area contributed by atoms with Crippen molar-refractivity contribution in [3.8, 4) is 5.88 Å². The molecule has 3 N–H and O–H groups in total. The second kappa shape index (κ2) is 6.83. The molecule has 9 nitrogen and oxygen atoms in total. The van der Waals surface area contributed by atoms with Gasteiger partial charge in [0.2, 0.25) is 5.88 Å². The van der Waals surface area contributed by atoms with Crippen LogP contribution in [0.5, 0.6) is 5.88 Å². The average molecular weight is 365 g/mol. The van der Waals surface area contributed by atoms with Crippen molar-refractivity contribution in [3.63, 3.8) is 0 Å². The third kappa shape index (κ3) is 3.17. The number of nitrogens with one attached hydrogen (secondary N) is 2. The molecule has 1 atom stereocenters. The van der Waals surface area contributed by atoms with Crippen LogP contribution in [0.2, 0.25) is 0 Å². The molecule has 0 aromatic carbocycles. The maximum absolute atomic E-state index is 13.8. The van der Waals surface area contributed by atoms with Crippen molar-refractivity contribution in [3.05, 3.63) is 18.5 Å². The maximum atomic E-state index is 13.8. The maximum Gasteiger partial charge on any atom is 0.261 e. The predicted octanol–water partition coefficient (Wildman–Crippen LogP) is 2.23. The second-order valence-electron chi connectivity index (χ2n) is 6.09. The van der Waals surface area contributed by atoms with Gasteiger partial charge in [0, 0.05) is 19.3 Å². The number of aromatic hydroxyl groups is 1. The van der Waals surface area contributed by atoms with Crippen LogP contribution in [0.15, 0.2) is 18.5 Å². The molecule has 0 unspecified atom stereocenters. The van der Waals surface area contributed by atoms with Crippen molar-refractivity contribution in [2.75, 3.05) is 18.5 Å². The Morgan fingerprint density at radius 2 is 2.08 bits per heavy atom. The highest BCUT2D eigenvalue weighted by molar-refractivity contribution is 5.72. The summed E-state index contributed by atoms with van der Waals surface area (Å²) in [5.74, 6) is 0.292. The number of halogens is 2. The summed E-state index contributed by atoms with van der Waals surface area (Å²) in [5.41, 5.74) is 0.699. The highest BCUT2D eigenvalue weighted by Gasteiger charge is 2.34. The standard InChI is InChI=1S/C15H17F2N7O2/c16-14(17)13(8-1-3-26-4-2-8)24-15-9(6-19-24)18-7-11(21-15)20-10-5-12(25)23-22-10/h5-8,13-14H,1-4H2,(H3,20,21,22,23,25)/t13-/m1/s1. The SMILES string of the molecule is Oc1cc(Nc2cnc3cnn([C@@H](C(F)F)C4CCOCC4)c3n2)n[nH]1. The summed E-state index contributed by atoms with van der Waals surface area (Å²) >= 11 is 0. The largest absolute Gasteiger partial charge is 0.494 e. The zero-order chi connectivity index (χ0) is 18.1. The van der Waals surface area contributed by atoms with Gasteiger partial charge in [0.05, 0.1) is 12.4 Å². The summed E-state index contributed by atoms with van der Waals surface area (Å²) in [4.78, 5) is 8.58. The highest BCUT2D eigenvalue weighted by atomic mass is 19.3. The van der Waals surface area contributed by atoms with Crippen LogP contribution in [0.4, 0.5) is 20.4 Å². The number of rotatable bonds is 5. The van der Waals surface area contributed by atoms with Gasteiger partial charge in [0.1, 0.15) is 11.6 Å². The topological polar surface area (TPSA) is 114 Å². The number of aromatic amines is 1. The van der Waals surface area contributed by atoms with Crippen LogP contribution in [0, 0.1) is 5.92 Å². The lowest BCUT2D eigenvalue weighted by Crippen LogP contribution is -2.31. The minimum atomic E-state index is -2.58. The zero-order valence-corrected chi connectivity index (χ0v) is 13.6. The number of anilines is 2. The Hall–Kier alpha value is -2.82. The summed E-state index contributed by atoms with van der Waals surface area (Å²) < 4.78 is 34.2. The second-order valence-corrected chi connectivity index (χ2v) is 6.09. The molecule has 4 heterocycles. The van der Waals surface area contributed by atoms with Crippen molar-refractivity contribution in [2.24, 2.45) is 5.92 Å². The highest BCUT2D eigenvalue weighted by Crippen LogP contribution is 2.34. The van der Waals surface area contributed by atoms with E-state index in [1.165, 1.54) is 23.1 Å². The Morgan fingerprint density at radius 1 is 1.27 bits per heavy atom. The van der Waals surface area contributed by atoms with Gasteiger partial charge in [-0.25, -0.2) is 28.5 Å². The van der Waals surface area contributed by atoms with Gasteiger partial charge in [-0.1, -0.05) is 0 Å². The first-order chi connectivity index (χ1) is 12.6. The Labute approximate surface area is 146 Å². The van der Waals surface area contributed by atoms with Gasteiger partial charge < -0.3 is 15.2 Å². The molecule has 1 saturated heterocycles. The van der Waals surface area contributed by atoms with E-state index in [0.717, 1.165) is 0 Å². The molecule has 11 heteroatoms. The number of aromatic nitrogens is 6. The van der Waals surface area contributed by atoms with Crippen molar-refractivity contribution in [1.82, 2.24) is 29.9 Å². The molecular weight excluding hydrogens is 348 g/mol. The normalized spacial score (nSPS) is 17.0. The van der Waals surface area contributed by atoms with E-state index in [0.29, 0.717) is 43.2 Å². The van der Waals surface area contributed by atoms with Crippen LogP contribution in [-0.2, 0) is 4.74 Å². The molecular formula is C15H17F2N7O2. The van der Waals surface area contributed by atoms with Crippen molar-refractivity contribution < 1.29 is 18.6 Å². The van der Waals surface area contributed by atoms with Gasteiger partial charge in [-0.2, -0.15) is 10.2 Å². The molecule has 0 amide bonds. The van der Waals surface area contributed by atoms with Crippen molar-refractivity contribution >= 4 is 22.8 Å². The molecule has 3 aromatic heterocycles. The lowest BCUT2D eigenvalue weighted by Gasteiger charge is -2.30. The predicted molar refractivity (Wildman–Crippen MR) is 87.4 cm³/mol. The van der Waals surface area contributed by atoms with E-state index >= 15 is 0 Å². The number of fused-ring (bicyclic) bond motifs is 1. The van der Waals surface area contributed by atoms with Gasteiger partial charge in [-0.15, -0.1) is 0 Å². The van der Waals surface area contributed by atoms with Gasteiger partial charge in [-0.05, 0) is 18.8 Å². The van der Waals surface area contributed by atoms with E-state index in [1.807, 2.05) is 0 Å². The molecule has 4 rings (SSSR count). The fraction of sp³-hybridized carbons (Fsp3) is 0.467. The molecule has 0 bridgehead atoms.